The van der Waals surface area contributed by atoms with Crippen molar-refractivity contribution in [3.8, 4) is 6.07 Å². The molecule has 4 atom stereocenters. The highest BCUT2D eigenvalue weighted by atomic mass is 35.5. The zero-order valence-corrected chi connectivity index (χ0v) is 35.1. The summed E-state index contributed by atoms with van der Waals surface area (Å²) in [6.07, 6.45) is 0.529. The van der Waals surface area contributed by atoms with E-state index in [0.29, 0.717) is 24.4 Å². The van der Waals surface area contributed by atoms with Crippen LogP contribution in [0.15, 0.2) is 36.5 Å². The maximum atomic E-state index is 13.7. The van der Waals surface area contributed by atoms with E-state index in [1.54, 1.807) is 45.2 Å². The molecule has 1 saturated carbocycles. The maximum absolute atomic E-state index is 13.7. The van der Waals surface area contributed by atoms with E-state index in [0.717, 1.165) is 57.5 Å². The quantitative estimate of drug-likeness (QED) is 0.218. The smallest absolute Gasteiger partial charge is 0.377 e. The van der Waals surface area contributed by atoms with Gasteiger partial charge in [-0.1, -0.05) is 6.07 Å². The molecule has 4 amide bonds. The first-order chi connectivity index (χ1) is 26.8. The van der Waals surface area contributed by atoms with Gasteiger partial charge in [-0.25, -0.2) is 4.98 Å². The normalized spacial score (nSPS) is 28.4. The lowest BCUT2D eigenvalue weighted by molar-refractivity contribution is -0.138. The number of nitrogens with zero attached hydrogens (tertiary/aromatic N) is 6. The van der Waals surface area contributed by atoms with Gasteiger partial charge in [0.25, 0.3) is 0 Å². The van der Waals surface area contributed by atoms with Crippen molar-refractivity contribution in [2.45, 2.75) is 120 Å². The number of benzene rings is 1. The van der Waals surface area contributed by atoms with Gasteiger partial charge < -0.3 is 10.1 Å². The second-order valence-electron chi connectivity index (χ2n) is 16.4. The summed E-state index contributed by atoms with van der Waals surface area (Å²) in [7, 11) is 0. The molecule has 2 N–H and O–H groups in total. The molecule has 4 fully saturated rings. The minimum absolute atomic E-state index is 0. The first kappa shape index (κ1) is 45.3. The van der Waals surface area contributed by atoms with Crippen molar-refractivity contribution in [3.63, 3.8) is 0 Å². The fraction of sp³-hybridized carbons (Fsp3) is 0.600. The Morgan fingerprint density at radius 2 is 1.74 bits per heavy atom. The number of alkyl halides is 3. The van der Waals surface area contributed by atoms with Crippen LogP contribution in [-0.4, -0.2) is 111 Å². The Kier molecular flexibility index (Phi) is 13.9. The number of halogens is 4. The van der Waals surface area contributed by atoms with E-state index < -0.39 is 33.8 Å². The largest absolute Gasteiger partial charge is 0.417 e. The Hall–Kier alpha value is -3.79. The highest BCUT2D eigenvalue weighted by Gasteiger charge is 2.54. The standard InChI is InChI=1S/C40H51F3N8O5S.ClH/c1-24-21-48(22-25(2)49(24)23-34(53)46-32-13-7-27(20-45-32)39(5)15-14-33(52)47-35(39)54)16-17-56-30-11-9-28(10-12-30)51-37(57)50(36(55)38(51,3)4)29-8-6-26(19-44)31(18-29)40(41,42)43;/h6-8,13,18,20,24-25,28,30,37,57H,9-12,14-17,21-23H2,1-5H3,(H,45,46,53)(H,47,52,54);1H/t24-,25+,28?,30?,37?,39-;/m0./s1. The van der Waals surface area contributed by atoms with Crippen molar-refractivity contribution in [2.75, 3.05) is 43.0 Å². The average molecular weight is 849 g/mol. The van der Waals surface area contributed by atoms with Crippen LogP contribution in [0.5, 0.6) is 0 Å². The molecule has 0 bridgehead atoms. The molecule has 13 nitrogen and oxygen atoms in total. The summed E-state index contributed by atoms with van der Waals surface area (Å²) in [5, 5.41) is 14.5. The molecule has 0 spiro atoms. The lowest BCUT2D eigenvalue weighted by atomic mass is 9.76. The number of carbonyl (C=O) groups is 4. The van der Waals surface area contributed by atoms with Gasteiger partial charge in [-0.15, -0.1) is 25.0 Å². The number of piperazine rings is 1. The van der Waals surface area contributed by atoms with Crippen LogP contribution in [0.2, 0.25) is 0 Å². The van der Waals surface area contributed by atoms with E-state index in [-0.39, 0.29) is 78.9 Å². The van der Waals surface area contributed by atoms with Crippen LogP contribution >= 0.6 is 25.0 Å². The second kappa shape index (κ2) is 17.8. The third-order valence-electron chi connectivity index (χ3n) is 12.2. The summed E-state index contributed by atoms with van der Waals surface area (Å²) in [5.41, 5.74) is -3.50. The van der Waals surface area contributed by atoms with Gasteiger partial charge in [-0.05, 0) is 96.6 Å². The van der Waals surface area contributed by atoms with Crippen molar-refractivity contribution in [1.82, 2.24) is 25.0 Å². The van der Waals surface area contributed by atoms with E-state index in [2.05, 4.69) is 39.3 Å². The fourth-order valence-electron chi connectivity index (χ4n) is 8.85. The number of hydrogen-bond acceptors (Lipinski definition) is 11. The SMILES string of the molecule is C[C@@H]1CN(CCOC2CCC(N3C(S)N(c4ccc(C#N)c(C(F)(F)F)c4)C(=O)C3(C)C)CC2)C[C@H](C)N1CC(=O)Nc1ccc([C@]2(C)CCC(=O)NC2=O)cn1.Cl. The fourth-order valence-corrected chi connectivity index (χ4v) is 9.57. The molecule has 1 aromatic heterocycles. The summed E-state index contributed by atoms with van der Waals surface area (Å²) >= 11 is 4.76. The van der Waals surface area contributed by atoms with E-state index in [9.17, 15) is 37.6 Å². The van der Waals surface area contributed by atoms with Crippen LogP contribution in [-0.2, 0) is 35.5 Å². The molecule has 58 heavy (non-hydrogen) atoms. The number of hydrogen-bond donors (Lipinski definition) is 3. The topological polar surface area (TPSA) is 151 Å². The summed E-state index contributed by atoms with van der Waals surface area (Å²) < 4.78 is 47.6. The van der Waals surface area contributed by atoms with Gasteiger partial charge >= 0.3 is 6.18 Å². The predicted octanol–water partition coefficient (Wildman–Crippen LogP) is 5.09. The first-order valence-corrected chi connectivity index (χ1v) is 20.0. The van der Waals surface area contributed by atoms with E-state index in [4.69, 9.17) is 17.4 Å². The molecule has 6 rings (SSSR count). The van der Waals surface area contributed by atoms with Crippen molar-refractivity contribution in [1.29, 1.82) is 5.26 Å². The van der Waals surface area contributed by atoms with E-state index in [1.807, 2.05) is 4.90 Å². The van der Waals surface area contributed by atoms with Gasteiger partial charge in [0.05, 0.1) is 47.4 Å². The Bertz CT molecular complexity index is 1900. The van der Waals surface area contributed by atoms with Crippen molar-refractivity contribution in [3.05, 3.63) is 53.2 Å². The number of imide groups is 1. The predicted molar refractivity (Wildman–Crippen MR) is 216 cm³/mol. The Labute approximate surface area is 348 Å². The molecule has 4 aliphatic rings. The average Bonchev–Trinajstić information content (AvgIpc) is 3.33. The number of pyridine rings is 1. The van der Waals surface area contributed by atoms with Gasteiger partial charge in [-0.2, -0.15) is 18.4 Å². The molecule has 18 heteroatoms. The molecule has 1 aromatic carbocycles. The molecule has 1 unspecified atom stereocenters. The van der Waals surface area contributed by atoms with Gasteiger partial charge in [-0.3, -0.25) is 44.1 Å². The van der Waals surface area contributed by atoms with Crippen LogP contribution in [0, 0.1) is 11.3 Å². The van der Waals surface area contributed by atoms with E-state index >= 15 is 0 Å². The maximum Gasteiger partial charge on any atom is 0.417 e. The molecular weight excluding hydrogens is 797 g/mol. The molecule has 316 valence electrons. The zero-order valence-electron chi connectivity index (χ0n) is 33.3. The second-order valence-corrected chi connectivity index (χ2v) is 16.9. The lowest BCUT2D eigenvalue weighted by Gasteiger charge is -2.44. The van der Waals surface area contributed by atoms with E-state index in [1.165, 1.54) is 11.0 Å². The summed E-state index contributed by atoms with van der Waals surface area (Å²) in [5.74, 6) is -0.780. The summed E-state index contributed by atoms with van der Waals surface area (Å²) in [6, 6.07) is 8.54. The zero-order chi connectivity index (χ0) is 41.4. The number of amides is 4. The Morgan fingerprint density at radius 3 is 2.33 bits per heavy atom. The van der Waals surface area contributed by atoms with Crippen molar-refractivity contribution < 1.29 is 37.1 Å². The number of anilines is 2. The molecule has 0 radical (unpaired) electrons. The number of nitrogens with one attached hydrogen (secondary N) is 2. The van der Waals surface area contributed by atoms with Gasteiger partial charge in [0, 0.05) is 56.1 Å². The molecule has 4 heterocycles. The molecule has 3 aliphatic heterocycles. The highest BCUT2D eigenvalue weighted by molar-refractivity contribution is 7.81. The minimum Gasteiger partial charge on any atom is -0.377 e. The number of nitriles is 1. The van der Waals surface area contributed by atoms with Gasteiger partial charge in [0.1, 0.15) is 11.3 Å². The van der Waals surface area contributed by atoms with Crippen LogP contribution in [0.1, 0.15) is 89.8 Å². The van der Waals surface area contributed by atoms with Crippen LogP contribution in [0.25, 0.3) is 0 Å². The molecule has 3 saturated heterocycles. The lowest BCUT2D eigenvalue weighted by Crippen LogP contribution is -2.58. The third kappa shape index (κ3) is 9.32. The highest BCUT2D eigenvalue weighted by Crippen LogP contribution is 2.43. The number of piperidine rings is 1. The number of carbonyl (C=O) groups excluding carboxylic acids is 4. The Balaban J connectivity index is 0.00000641. The number of thiol groups is 1. The number of rotatable bonds is 10. The van der Waals surface area contributed by atoms with Crippen LogP contribution in [0.4, 0.5) is 24.7 Å². The first-order valence-electron chi connectivity index (χ1n) is 19.5. The summed E-state index contributed by atoms with van der Waals surface area (Å²) in [6.45, 7) is 12.5. The number of ether oxygens (including phenoxy) is 1. The number of aromatic nitrogens is 1. The molecule has 1 aliphatic carbocycles. The third-order valence-corrected chi connectivity index (χ3v) is 12.6. The monoisotopic (exact) mass is 848 g/mol. The van der Waals surface area contributed by atoms with Crippen molar-refractivity contribution in [2.24, 2.45) is 0 Å². The Morgan fingerprint density at radius 1 is 1.07 bits per heavy atom. The van der Waals surface area contributed by atoms with Crippen LogP contribution in [0.3, 0.4) is 0 Å². The van der Waals surface area contributed by atoms with Crippen LogP contribution < -0.4 is 15.5 Å². The van der Waals surface area contributed by atoms with Crippen molar-refractivity contribution >= 4 is 60.2 Å². The summed E-state index contributed by atoms with van der Waals surface area (Å²) in [4.78, 5) is 63.0. The minimum atomic E-state index is -4.75. The molecular formula is C40H52ClF3N8O5S. The van der Waals surface area contributed by atoms with Gasteiger partial charge in [0.2, 0.25) is 23.6 Å². The molecule has 2 aromatic rings. The van der Waals surface area contributed by atoms with Gasteiger partial charge in [0.15, 0.2) is 0 Å².